The van der Waals surface area contributed by atoms with E-state index in [4.69, 9.17) is 9.72 Å². The molecule has 0 saturated heterocycles. The molecule has 0 fully saturated rings. The van der Waals surface area contributed by atoms with E-state index in [1.165, 1.54) is 0 Å². The van der Waals surface area contributed by atoms with Gasteiger partial charge in [-0.2, -0.15) is 0 Å². The Kier molecular flexibility index (Phi) is 5.27. The van der Waals surface area contributed by atoms with E-state index in [9.17, 15) is 9.59 Å². The van der Waals surface area contributed by atoms with Crippen LogP contribution in [0.15, 0.2) is 53.0 Å². The number of halogens is 1. The van der Waals surface area contributed by atoms with Gasteiger partial charge >= 0.3 is 5.97 Å². The number of carbonyl (C=O) groups is 2. The summed E-state index contributed by atoms with van der Waals surface area (Å²) in [6, 6.07) is 14.6. The molecule has 0 aliphatic heterocycles. The second kappa shape index (κ2) is 7.84. The zero-order valence-electron chi connectivity index (χ0n) is 15.6. The molecule has 3 aromatic rings. The minimum Gasteiger partial charge on any atom is -0.454 e. The maximum atomic E-state index is 13.0. The summed E-state index contributed by atoms with van der Waals surface area (Å²) in [6.07, 6.45) is 2.73. The van der Waals surface area contributed by atoms with Crippen LogP contribution < -0.4 is 0 Å². The molecule has 4 nitrogen and oxygen atoms in total. The number of hydrogen-bond acceptors (Lipinski definition) is 4. The first-order valence-corrected chi connectivity index (χ1v) is 10.2. The summed E-state index contributed by atoms with van der Waals surface area (Å²) in [6.45, 7) is 1.91. The lowest BCUT2D eigenvalue weighted by atomic mass is 9.84. The van der Waals surface area contributed by atoms with Crippen molar-refractivity contribution >= 4 is 38.6 Å². The molecular weight excluding hydrogens is 418 g/mol. The van der Waals surface area contributed by atoms with E-state index in [1.807, 2.05) is 24.3 Å². The standard InChI is InChI=1S/C23H20BrNO3/c1-14-6-11-20-18(12-14)22(17-4-2-3-5-19(17)25-20)23(27)28-13-21(26)15-7-9-16(24)10-8-15/h2-5,7-10,14H,6,11-13H2,1H3. The quantitative estimate of drug-likeness (QED) is 0.417. The van der Waals surface area contributed by atoms with Crippen LogP contribution in [0.5, 0.6) is 0 Å². The fourth-order valence-electron chi connectivity index (χ4n) is 3.72. The van der Waals surface area contributed by atoms with Gasteiger partial charge in [-0.25, -0.2) is 4.79 Å². The lowest BCUT2D eigenvalue weighted by Crippen LogP contribution is -2.21. The lowest BCUT2D eigenvalue weighted by molar-refractivity contribution is 0.0475. The fourth-order valence-corrected chi connectivity index (χ4v) is 3.98. The van der Waals surface area contributed by atoms with Crippen molar-refractivity contribution in [1.82, 2.24) is 4.98 Å². The van der Waals surface area contributed by atoms with Crippen LogP contribution in [0.25, 0.3) is 10.9 Å². The second-order valence-electron chi connectivity index (χ2n) is 7.28. The van der Waals surface area contributed by atoms with Crippen LogP contribution in [0.1, 0.15) is 45.3 Å². The van der Waals surface area contributed by atoms with Gasteiger partial charge in [0.2, 0.25) is 0 Å². The number of ketones is 1. The first-order chi connectivity index (χ1) is 13.5. The third-order valence-corrected chi connectivity index (χ3v) is 5.74. The Balaban J connectivity index is 1.64. The molecule has 0 amide bonds. The van der Waals surface area contributed by atoms with Crippen LogP contribution in [0.4, 0.5) is 0 Å². The number of hydrogen-bond donors (Lipinski definition) is 0. The van der Waals surface area contributed by atoms with Crippen LogP contribution in [-0.4, -0.2) is 23.3 Å². The van der Waals surface area contributed by atoms with Crippen molar-refractivity contribution in [1.29, 1.82) is 0 Å². The Morgan fingerprint density at radius 3 is 2.68 bits per heavy atom. The molecule has 1 heterocycles. The van der Waals surface area contributed by atoms with Crippen molar-refractivity contribution in [2.24, 2.45) is 5.92 Å². The highest BCUT2D eigenvalue weighted by Gasteiger charge is 2.26. The van der Waals surface area contributed by atoms with Crippen molar-refractivity contribution in [3.63, 3.8) is 0 Å². The number of benzene rings is 2. The van der Waals surface area contributed by atoms with Gasteiger partial charge in [-0.3, -0.25) is 9.78 Å². The molecule has 0 saturated carbocycles. The summed E-state index contributed by atoms with van der Waals surface area (Å²) in [7, 11) is 0. The average Bonchev–Trinajstić information content (AvgIpc) is 2.70. The highest BCUT2D eigenvalue weighted by molar-refractivity contribution is 9.10. The number of carbonyl (C=O) groups excluding carboxylic acids is 2. The Bertz CT molecular complexity index is 1060. The highest BCUT2D eigenvalue weighted by Crippen LogP contribution is 2.32. The van der Waals surface area contributed by atoms with E-state index in [0.717, 1.165) is 45.9 Å². The van der Waals surface area contributed by atoms with Gasteiger partial charge < -0.3 is 4.74 Å². The highest BCUT2D eigenvalue weighted by atomic mass is 79.9. The predicted octanol–water partition coefficient (Wildman–Crippen LogP) is 5.16. The van der Waals surface area contributed by atoms with Crippen LogP contribution in [0.2, 0.25) is 0 Å². The van der Waals surface area contributed by atoms with Crippen LogP contribution >= 0.6 is 15.9 Å². The molecule has 2 aromatic carbocycles. The number of fused-ring (bicyclic) bond motifs is 2. The number of nitrogens with zero attached hydrogens (tertiary/aromatic N) is 1. The smallest absolute Gasteiger partial charge is 0.339 e. The van der Waals surface area contributed by atoms with Gasteiger partial charge in [0.15, 0.2) is 12.4 Å². The van der Waals surface area contributed by atoms with Crippen LogP contribution in [0.3, 0.4) is 0 Å². The van der Waals surface area contributed by atoms with Gasteiger partial charge in [-0.05, 0) is 48.9 Å². The van der Waals surface area contributed by atoms with E-state index in [1.54, 1.807) is 24.3 Å². The summed E-state index contributed by atoms with van der Waals surface area (Å²) in [4.78, 5) is 30.2. The SMILES string of the molecule is CC1CCc2nc3ccccc3c(C(=O)OCC(=O)c3ccc(Br)cc3)c2C1. The molecule has 1 aromatic heterocycles. The summed E-state index contributed by atoms with van der Waals surface area (Å²) in [5.41, 5.74) is 3.82. The summed E-state index contributed by atoms with van der Waals surface area (Å²) in [5.74, 6) is -0.178. The lowest BCUT2D eigenvalue weighted by Gasteiger charge is -2.24. The van der Waals surface area contributed by atoms with Crippen molar-refractivity contribution in [2.75, 3.05) is 6.61 Å². The number of esters is 1. The van der Waals surface area contributed by atoms with Crippen LogP contribution in [-0.2, 0) is 17.6 Å². The maximum Gasteiger partial charge on any atom is 0.339 e. The van der Waals surface area contributed by atoms with Crippen LogP contribution in [0, 0.1) is 5.92 Å². The number of rotatable bonds is 4. The van der Waals surface area contributed by atoms with Gasteiger partial charge in [-0.15, -0.1) is 0 Å². The molecule has 0 bridgehead atoms. The third-order valence-electron chi connectivity index (χ3n) is 5.21. The van der Waals surface area contributed by atoms with Gasteiger partial charge in [0.05, 0.1) is 11.1 Å². The first kappa shape index (κ1) is 18.8. The molecule has 0 N–H and O–H groups in total. The molecule has 1 atom stereocenters. The molecule has 4 rings (SSSR count). The molecule has 0 spiro atoms. The number of ether oxygens (including phenoxy) is 1. The molecule has 28 heavy (non-hydrogen) atoms. The molecule has 5 heteroatoms. The van der Waals surface area contributed by atoms with Crippen molar-refractivity contribution in [3.05, 3.63) is 75.4 Å². The molecular formula is C23H20BrNO3. The summed E-state index contributed by atoms with van der Waals surface area (Å²) < 4.78 is 6.35. The first-order valence-electron chi connectivity index (χ1n) is 9.39. The van der Waals surface area contributed by atoms with E-state index in [2.05, 4.69) is 22.9 Å². The largest absolute Gasteiger partial charge is 0.454 e. The van der Waals surface area contributed by atoms with Crippen molar-refractivity contribution in [3.8, 4) is 0 Å². The van der Waals surface area contributed by atoms with Gasteiger partial charge in [0.1, 0.15) is 0 Å². The Labute approximate surface area is 172 Å². The average molecular weight is 438 g/mol. The number of aryl methyl sites for hydroxylation is 1. The van der Waals surface area contributed by atoms with Gasteiger partial charge in [0, 0.05) is 21.1 Å². The summed E-state index contributed by atoms with van der Waals surface area (Å²) in [5, 5.41) is 0.788. The molecule has 1 unspecified atom stereocenters. The zero-order chi connectivity index (χ0) is 19.7. The number of aromatic nitrogens is 1. The molecule has 0 radical (unpaired) electrons. The topological polar surface area (TPSA) is 56.3 Å². The minimum atomic E-state index is -0.450. The van der Waals surface area contributed by atoms with Crippen molar-refractivity contribution in [2.45, 2.75) is 26.2 Å². The molecule has 1 aliphatic rings. The third kappa shape index (κ3) is 3.72. The number of Topliss-reactive ketones (excluding diaryl/α,β-unsaturated/α-hetero) is 1. The van der Waals surface area contributed by atoms with E-state index in [-0.39, 0.29) is 12.4 Å². The van der Waals surface area contributed by atoms with E-state index in [0.29, 0.717) is 17.0 Å². The second-order valence-corrected chi connectivity index (χ2v) is 8.20. The minimum absolute atomic E-state index is 0.221. The Hall–Kier alpha value is -2.53. The Morgan fingerprint density at radius 1 is 1.14 bits per heavy atom. The monoisotopic (exact) mass is 437 g/mol. The molecule has 142 valence electrons. The van der Waals surface area contributed by atoms with E-state index >= 15 is 0 Å². The normalized spacial score (nSPS) is 15.9. The Morgan fingerprint density at radius 2 is 1.89 bits per heavy atom. The zero-order valence-corrected chi connectivity index (χ0v) is 17.2. The fraction of sp³-hybridized carbons (Fsp3) is 0.261. The van der Waals surface area contributed by atoms with E-state index < -0.39 is 5.97 Å². The van der Waals surface area contributed by atoms with Gasteiger partial charge in [0.25, 0.3) is 0 Å². The number of pyridine rings is 1. The number of para-hydroxylation sites is 1. The molecule has 1 aliphatic carbocycles. The van der Waals surface area contributed by atoms with Crippen molar-refractivity contribution < 1.29 is 14.3 Å². The maximum absolute atomic E-state index is 13.0. The van der Waals surface area contributed by atoms with Gasteiger partial charge in [-0.1, -0.05) is 53.2 Å². The summed E-state index contributed by atoms with van der Waals surface area (Å²) >= 11 is 3.35. The predicted molar refractivity (Wildman–Crippen MR) is 112 cm³/mol.